The number of carboxylic acid groups (broad SMARTS) is 1. The van der Waals surface area contributed by atoms with E-state index in [0.29, 0.717) is 24.2 Å². The van der Waals surface area contributed by atoms with E-state index in [1.807, 2.05) is 0 Å². The number of H-pyrrole nitrogens is 1. The van der Waals surface area contributed by atoms with Gasteiger partial charge in [0.1, 0.15) is 11.5 Å². The van der Waals surface area contributed by atoms with E-state index in [0.717, 1.165) is 11.1 Å². The SMILES string of the molecule is O=C(O)NC1CCc2c1c[nH]c2C(=O)Nc1ccc(F)c(Cl)c1. The summed E-state index contributed by atoms with van der Waals surface area (Å²) in [5.41, 5.74) is 2.31. The van der Waals surface area contributed by atoms with E-state index < -0.39 is 11.9 Å². The van der Waals surface area contributed by atoms with Gasteiger partial charge in [-0.3, -0.25) is 4.79 Å². The molecule has 6 nitrogen and oxygen atoms in total. The number of nitrogens with one attached hydrogen (secondary N) is 3. The molecule has 1 heterocycles. The van der Waals surface area contributed by atoms with Gasteiger partial charge >= 0.3 is 6.09 Å². The summed E-state index contributed by atoms with van der Waals surface area (Å²) in [6, 6.07) is 3.59. The molecule has 1 unspecified atom stereocenters. The minimum atomic E-state index is -1.10. The summed E-state index contributed by atoms with van der Waals surface area (Å²) < 4.78 is 13.1. The zero-order chi connectivity index (χ0) is 16.6. The maximum Gasteiger partial charge on any atom is 0.405 e. The van der Waals surface area contributed by atoms with Gasteiger partial charge in [0.05, 0.1) is 11.1 Å². The maximum atomic E-state index is 13.1. The third-order valence-corrected chi connectivity index (χ3v) is 4.07. The van der Waals surface area contributed by atoms with Crippen LogP contribution in [0.4, 0.5) is 14.9 Å². The van der Waals surface area contributed by atoms with Crippen LogP contribution in [0.3, 0.4) is 0 Å². The van der Waals surface area contributed by atoms with Crippen molar-refractivity contribution >= 4 is 29.3 Å². The molecule has 1 aromatic carbocycles. The first-order valence-electron chi connectivity index (χ1n) is 6.91. The van der Waals surface area contributed by atoms with Gasteiger partial charge in [0.2, 0.25) is 0 Å². The number of anilines is 1. The third-order valence-electron chi connectivity index (χ3n) is 3.78. The molecule has 2 aromatic rings. The van der Waals surface area contributed by atoms with E-state index in [-0.39, 0.29) is 17.0 Å². The summed E-state index contributed by atoms with van der Waals surface area (Å²) in [6.45, 7) is 0. The number of carbonyl (C=O) groups excluding carboxylic acids is 1. The van der Waals surface area contributed by atoms with Crippen molar-refractivity contribution in [3.8, 4) is 0 Å². The van der Waals surface area contributed by atoms with Gasteiger partial charge in [-0.05, 0) is 42.2 Å². The van der Waals surface area contributed by atoms with Crippen LogP contribution in [0.15, 0.2) is 24.4 Å². The first kappa shape index (κ1) is 15.4. The van der Waals surface area contributed by atoms with Crippen LogP contribution in [0, 0.1) is 5.82 Å². The first-order valence-corrected chi connectivity index (χ1v) is 7.29. The minimum absolute atomic E-state index is 0.0785. The van der Waals surface area contributed by atoms with E-state index in [2.05, 4.69) is 15.6 Å². The summed E-state index contributed by atoms with van der Waals surface area (Å²) in [5, 5.41) is 13.8. The summed E-state index contributed by atoms with van der Waals surface area (Å²) in [4.78, 5) is 26.0. The van der Waals surface area contributed by atoms with Crippen molar-refractivity contribution in [2.45, 2.75) is 18.9 Å². The van der Waals surface area contributed by atoms with Gasteiger partial charge in [-0.25, -0.2) is 9.18 Å². The lowest BCUT2D eigenvalue weighted by molar-refractivity contribution is 0.102. The van der Waals surface area contributed by atoms with Crippen LogP contribution in [0.2, 0.25) is 5.02 Å². The second-order valence-electron chi connectivity index (χ2n) is 5.22. The van der Waals surface area contributed by atoms with E-state index in [1.165, 1.54) is 18.2 Å². The van der Waals surface area contributed by atoms with Gasteiger partial charge in [0, 0.05) is 11.9 Å². The van der Waals surface area contributed by atoms with Gasteiger partial charge in [0.25, 0.3) is 5.91 Å². The van der Waals surface area contributed by atoms with Crippen molar-refractivity contribution in [3.63, 3.8) is 0 Å². The lowest BCUT2D eigenvalue weighted by Gasteiger charge is -2.08. The van der Waals surface area contributed by atoms with Crippen molar-refractivity contribution in [3.05, 3.63) is 52.1 Å². The smallest absolute Gasteiger partial charge is 0.405 e. The normalized spacial score (nSPS) is 16.0. The van der Waals surface area contributed by atoms with Gasteiger partial charge in [0.15, 0.2) is 0 Å². The second-order valence-corrected chi connectivity index (χ2v) is 5.63. The second kappa shape index (κ2) is 5.92. The Labute approximate surface area is 135 Å². The lowest BCUT2D eigenvalue weighted by Crippen LogP contribution is -2.24. The molecule has 23 heavy (non-hydrogen) atoms. The molecule has 1 aliphatic carbocycles. The minimum Gasteiger partial charge on any atom is -0.465 e. The van der Waals surface area contributed by atoms with Gasteiger partial charge in [-0.1, -0.05) is 11.6 Å². The number of halogens is 2. The third kappa shape index (κ3) is 3.00. The van der Waals surface area contributed by atoms with Gasteiger partial charge in [-0.2, -0.15) is 0 Å². The number of benzene rings is 1. The lowest BCUT2D eigenvalue weighted by atomic mass is 10.1. The molecule has 0 aliphatic heterocycles. The molecule has 4 N–H and O–H groups in total. The van der Waals surface area contributed by atoms with Gasteiger partial charge < -0.3 is 20.7 Å². The van der Waals surface area contributed by atoms with Crippen LogP contribution < -0.4 is 10.6 Å². The molecule has 120 valence electrons. The molecule has 0 saturated heterocycles. The Morgan fingerprint density at radius 2 is 2.17 bits per heavy atom. The monoisotopic (exact) mass is 337 g/mol. The van der Waals surface area contributed by atoms with Crippen LogP contribution in [0.5, 0.6) is 0 Å². The van der Waals surface area contributed by atoms with E-state index in [9.17, 15) is 14.0 Å². The molecule has 1 aromatic heterocycles. The molecule has 0 saturated carbocycles. The summed E-state index contributed by atoms with van der Waals surface area (Å²) in [7, 11) is 0. The molecular formula is C15H13ClFN3O3. The fraction of sp³-hybridized carbons (Fsp3) is 0.200. The molecule has 8 heteroatoms. The van der Waals surface area contributed by atoms with Crippen LogP contribution in [0.25, 0.3) is 0 Å². The number of rotatable bonds is 3. The first-order chi connectivity index (χ1) is 11.0. The van der Waals surface area contributed by atoms with Crippen molar-refractivity contribution < 1.29 is 19.1 Å². The highest BCUT2D eigenvalue weighted by Gasteiger charge is 2.29. The van der Waals surface area contributed by atoms with Crippen molar-refractivity contribution in [1.82, 2.24) is 10.3 Å². The zero-order valence-electron chi connectivity index (χ0n) is 11.8. The molecule has 0 radical (unpaired) electrons. The topological polar surface area (TPSA) is 94.2 Å². The van der Waals surface area contributed by atoms with Crippen molar-refractivity contribution in [1.29, 1.82) is 0 Å². The fourth-order valence-corrected chi connectivity index (χ4v) is 2.94. The van der Waals surface area contributed by atoms with Crippen LogP contribution in [-0.4, -0.2) is 22.1 Å². The number of fused-ring (bicyclic) bond motifs is 1. The number of aromatic nitrogens is 1. The molecule has 1 aliphatic rings. The Balaban J connectivity index is 1.79. The number of hydrogen-bond donors (Lipinski definition) is 4. The molecule has 0 spiro atoms. The summed E-state index contributed by atoms with van der Waals surface area (Å²) >= 11 is 5.69. The Kier molecular flexibility index (Phi) is 3.96. The molecule has 0 bridgehead atoms. The zero-order valence-corrected chi connectivity index (χ0v) is 12.6. The highest BCUT2D eigenvalue weighted by Crippen LogP contribution is 2.33. The fourth-order valence-electron chi connectivity index (χ4n) is 2.76. The average molecular weight is 338 g/mol. The molecular weight excluding hydrogens is 325 g/mol. The highest BCUT2D eigenvalue weighted by molar-refractivity contribution is 6.31. The maximum absolute atomic E-state index is 13.1. The molecule has 2 amide bonds. The predicted molar refractivity (Wildman–Crippen MR) is 82.4 cm³/mol. The van der Waals surface area contributed by atoms with E-state index in [1.54, 1.807) is 6.20 Å². The average Bonchev–Trinajstić information content (AvgIpc) is 3.05. The van der Waals surface area contributed by atoms with Gasteiger partial charge in [-0.15, -0.1) is 0 Å². The number of carbonyl (C=O) groups is 2. The van der Waals surface area contributed by atoms with E-state index >= 15 is 0 Å². The van der Waals surface area contributed by atoms with Crippen molar-refractivity contribution in [2.75, 3.05) is 5.32 Å². The van der Waals surface area contributed by atoms with Crippen LogP contribution >= 0.6 is 11.6 Å². The van der Waals surface area contributed by atoms with Crippen molar-refractivity contribution in [2.24, 2.45) is 0 Å². The highest BCUT2D eigenvalue weighted by atomic mass is 35.5. The van der Waals surface area contributed by atoms with E-state index in [4.69, 9.17) is 16.7 Å². The van der Waals surface area contributed by atoms with Crippen LogP contribution in [-0.2, 0) is 6.42 Å². The Bertz CT molecular complexity index is 790. The number of amides is 2. The summed E-state index contributed by atoms with van der Waals surface area (Å²) in [5.74, 6) is -0.946. The number of hydrogen-bond acceptors (Lipinski definition) is 2. The molecule has 0 fully saturated rings. The Morgan fingerprint density at radius 1 is 1.39 bits per heavy atom. The molecule has 3 rings (SSSR count). The standard InChI is InChI=1S/C15H13ClFN3O3/c16-10-5-7(1-3-11(10)17)19-14(21)13-8-2-4-12(20-15(22)23)9(8)6-18-13/h1,3,5-6,12,18,20H,2,4H2,(H,19,21)(H,22,23). The molecule has 1 atom stereocenters. The quantitative estimate of drug-likeness (QED) is 0.692. The van der Waals surface area contributed by atoms with Crippen LogP contribution in [0.1, 0.15) is 34.1 Å². The summed E-state index contributed by atoms with van der Waals surface area (Å²) in [6.07, 6.45) is 1.73. The Morgan fingerprint density at radius 3 is 2.87 bits per heavy atom. The predicted octanol–water partition coefficient (Wildman–Crippen LogP) is 3.31. The number of aromatic amines is 1. The largest absolute Gasteiger partial charge is 0.465 e. The Hall–Kier alpha value is -2.54.